The zero-order valence-electron chi connectivity index (χ0n) is 12.6. The Balaban J connectivity index is 1.63. The van der Waals surface area contributed by atoms with Gasteiger partial charge in [0, 0.05) is 12.1 Å². The number of rotatable bonds is 6. The van der Waals surface area contributed by atoms with Crippen molar-refractivity contribution in [3.8, 4) is 0 Å². The van der Waals surface area contributed by atoms with Crippen LogP contribution in [0.5, 0.6) is 0 Å². The number of aromatic nitrogens is 1. The van der Waals surface area contributed by atoms with Gasteiger partial charge in [0.2, 0.25) is 5.91 Å². The van der Waals surface area contributed by atoms with Gasteiger partial charge in [0.15, 0.2) is 0 Å². The number of piperidine rings is 1. The molecule has 0 aliphatic carbocycles. The number of nitrogens with one attached hydrogen (secondary N) is 1. The van der Waals surface area contributed by atoms with E-state index >= 15 is 0 Å². The van der Waals surface area contributed by atoms with Crippen molar-refractivity contribution >= 4 is 5.91 Å². The average Bonchev–Trinajstić information content (AvgIpc) is 2.77. The largest absolute Gasteiger partial charge is 0.361 e. The van der Waals surface area contributed by atoms with Crippen LogP contribution in [0.15, 0.2) is 4.52 Å². The fourth-order valence-corrected chi connectivity index (χ4v) is 2.69. The van der Waals surface area contributed by atoms with Crippen molar-refractivity contribution in [1.82, 2.24) is 15.4 Å². The summed E-state index contributed by atoms with van der Waals surface area (Å²) in [6.07, 6.45) is 5.39. The summed E-state index contributed by atoms with van der Waals surface area (Å²) in [6, 6.07) is 0. The van der Waals surface area contributed by atoms with Gasteiger partial charge in [-0.25, -0.2) is 0 Å². The minimum Gasteiger partial charge on any atom is -0.361 e. The lowest BCUT2D eigenvalue weighted by atomic mass is 10.1. The summed E-state index contributed by atoms with van der Waals surface area (Å²) in [7, 11) is 0. The first-order chi connectivity index (χ1) is 9.66. The number of hydrogen-bond donors (Lipinski definition) is 1. The van der Waals surface area contributed by atoms with Crippen LogP contribution in [0.2, 0.25) is 0 Å². The molecule has 1 saturated heterocycles. The third-order valence-corrected chi connectivity index (χ3v) is 3.94. The van der Waals surface area contributed by atoms with E-state index in [0.29, 0.717) is 6.42 Å². The Morgan fingerprint density at radius 2 is 2.05 bits per heavy atom. The molecule has 1 aliphatic rings. The van der Waals surface area contributed by atoms with Crippen LogP contribution in [-0.4, -0.2) is 42.1 Å². The molecule has 20 heavy (non-hydrogen) atoms. The molecule has 1 fully saturated rings. The first kappa shape index (κ1) is 15.0. The Hall–Kier alpha value is -1.36. The number of hydrogen-bond acceptors (Lipinski definition) is 4. The maximum Gasteiger partial charge on any atom is 0.224 e. The van der Waals surface area contributed by atoms with Gasteiger partial charge < -0.3 is 14.7 Å². The summed E-state index contributed by atoms with van der Waals surface area (Å²) in [6.45, 7) is 7.98. The number of aryl methyl sites for hydroxylation is 2. The average molecular weight is 279 g/mol. The lowest BCUT2D eigenvalue weighted by Gasteiger charge is -2.26. The highest BCUT2D eigenvalue weighted by atomic mass is 16.5. The van der Waals surface area contributed by atoms with Crippen molar-refractivity contribution in [3.05, 3.63) is 17.0 Å². The molecule has 5 heteroatoms. The number of carbonyl (C=O) groups is 1. The fraction of sp³-hybridized carbons (Fsp3) is 0.733. The van der Waals surface area contributed by atoms with Crippen LogP contribution in [0.3, 0.4) is 0 Å². The van der Waals surface area contributed by atoms with E-state index in [4.69, 9.17) is 4.52 Å². The molecule has 2 heterocycles. The van der Waals surface area contributed by atoms with Crippen LogP contribution in [0, 0.1) is 13.8 Å². The Bertz CT molecular complexity index is 417. The van der Waals surface area contributed by atoms with Gasteiger partial charge in [0.25, 0.3) is 0 Å². The summed E-state index contributed by atoms with van der Waals surface area (Å²) in [4.78, 5) is 14.4. The van der Waals surface area contributed by atoms with E-state index in [0.717, 1.165) is 36.5 Å². The predicted octanol–water partition coefficient (Wildman–Crippen LogP) is 1.83. The van der Waals surface area contributed by atoms with E-state index in [2.05, 4.69) is 15.4 Å². The van der Waals surface area contributed by atoms with Crippen molar-refractivity contribution in [2.75, 3.05) is 26.2 Å². The van der Waals surface area contributed by atoms with Crippen molar-refractivity contribution in [2.24, 2.45) is 0 Å². The fourth-order valence-electron chi connectivity index (χ4n) is 2.69. The molecule has 5 nitrogen and oxygen atoms in total. The minimum absolute atomic E-state index is 0.0537. The van der Waals surface area contributed by atoms with Crippen LogP contribution >= 0.6 is 0 Å². The lowest BCUT2D eigenvalue weighted by molar-refractivity contribution is -0.120. The smallest absolute Gasteiger partial charge is 0.224 e. The molecule has 0 aromatic carbocycles. The van der Waals surface area contributed by atoms with Crippen LogP contribution in [0.1, 0.15) is 42.7 Å². The van der Waals surface area contributed by atoms with Crippen LogP contribution in [0.25, 0.3) is 0 Å². The first-order valence-electron chi connectivity index (χ1n) is 7.57. The molecule has 0 bridgehead atoms. The van der Waals surface area contributed by atoms with Crippen molar-refractivity contribution in [2.45, 2.75) is 46.0 Å². The zero-order valence-corrected chi connectivity index (χ0v) is 12.6. The Morgan fingerprint density at radius 3 is 2.70 bits per heavy atom. The molecule has 112 valence electrons. The summed E-state index contributed by atoms with van der Waals surface area (Å²) < 4.78 is 5.06. The Morgan fingerprint density at radius 1 is 1.30 bits per heavy atom. The van der Waals surface area contributed by atoms with Gasteiger partial charge in [0.05, 0.1) is 12.1 Å². The molecule has 0 unspecified atom stereocenters. The third-order valence-electron chi connectivity index (χ3n) is 3.94. The van der Waals surface area contributed by atoms with E-state index in [1.54, 1.807) is 0 Å². The van der Waals surface area contributed by atoms with Crippen molar-refractivity contribution in [3.63, 3.8) is 0 Å². The van der Waals surface area contributed by atoms with Gasteiger partial charge in [0.1, 0.15) is 5.76 Å². The number of nitrogens with zero attached hydrogens (tertiary/aromatic N) is 2. The normalized spacial score (nSPS) is 16.3. The van der Waals surface area contributed by atoms with Gasteiger partial charge in [-0.05, 0) is 52.7 Å². The molecular weight excluding hydrogens is 254 g/mol. The van der Waals surface area contributed by atoms with E-state index in [1.807, 2.05) is 13.8 Å². The molecule has 1 aromatic heterocycles. The first-order valence-corrected chi connectivity index (χ1v) is 7.57. The van der Waals surface area contributed by atoms with Gasteiger partial charge in [-0.2, -0.15) is 0 Å². The summed E-state index contributed by atoms with van der Waals surface area (Å²) in [5.41, 5.74) is 1.73. The van der Waals surface area contributed by atoms with Crippen LogP contribution < -0.4 is 5.32 Å². The molecular formula is C15H25N3O2. The molecule has 0 saturated carbocycles. The van der Waals surface area contributed by atoms with Crippen molar-refractivity contribution in [1.29, 1.82) is 0 Å². The Labute approximate surface area is 120 Å². The number of carbonyl (C=O) groups excluding carboxylic acids is 1. The molecule has 0 radical (unpaired) electrons. The monoisotopic (exact) mass is 279 g/mol. The predicted molar refractivity (Wildman–Crippen MR) is 77.6 cm³/mol. The molecule has 1 N–H and O–H groups in total. The van der Waals surface area contributed by atoms with E-state index in [1.165, 1.54) is 32.4 Å². The molecule has 0 spiro atoms. The third kappa shape index (κ3) is 4.34. The highest BCUT2D eigenvalue weighted by Gasteiger charge is 2.13. The van der Waals surface area contributed by atoms with Crippen molar-refractivity contribution < 1.29 is 9.32 Å². The van der Waals surface area contributed by atoms with E-state index in [-0.39, 0.29) is 5.91 Å². The highest BCUT2D eigenvalue weighted by Crippen LogP contribution is 2.12. The minimum atomic E-state index is 0.0537. The molecule has 1 aliphatic heterocycles. The maximum absolute atomic E-state index is 11.9. The van der Waals surface area contributed by atoms with E-state index < -0.39 is 0 Å². The molecule has 2 rings (SSSR count). The van der Waals surface area contributed by atoms with Crippen LogP contribution in [-0.2, 0) is 11.2 Å². The van der Waals surface area contributed by atoms with E-state index in [9.17, 15) is 4.79 Å². The maximum atomic E-state index is 11.9. The Kier molecular flexibility index (Phi) is 5.59. The second kappa shape index (κ2) is 7.43. The quantitative estimate of drug-likeness (QED) is 0.807. The summed E-state index contributed by atoms with van der Waals surface area (Å²) in [5.74, 6) is 0.795. The number of amides is 1. The summed E-state index contributed by atoms with van der Waals surface area (Å²) in [5, 5.41) is 6.85. The lowest BCUT2D eigenvalue weighted by Crippen LogP contribution is -2.33. The summed E-state index contributed by atoms with van der Waals surface area (Å²) >= 11 is 0. The second-order valence-electron chi connectivity index (χ2n) is 5.59. The zero-order chi connectivity index (χ0) is 14.4. The SMILES string of the molecule is Cc1noc(C)c1CC(=O)NCCCN1CCCCC1. The standard InChI is InChI=1S/C15H25N3O2/c1-12-14(13(2)20-17-12)11-15(19)16-7-6-10-18-8-4-3-5-9-18/h3-11H2,1-2H3,(H,16,19). The molecule has 1 amide bonds. The number of likely N-dealkylation sites (tertiary alicyclic amines) is 1. The van der Waals surface area contributed by atoms with Gasteiger partial charge >= 0.3 is 0 Å². The molecule has 0 atom stereocenters. The van der Waals surface area contributed by atoms with Crippen LogP contribution in [0.4, 0.5) is 0 Å². The van der Waals surface area contributed by atoms with Gasteiger partial charge in [-0.3, -0.25) is 4.79 Å². The van der Waals surface area contributed by atoms with Gasteiger partial charge in [-0.1, -0.05) is 11.6 Å². The highest BCUT2D eigenvalue weighted by molar-refractivity contribution is 5.78. The second-order valence-corrected chi connectivity index (χ2v) is 5.59. The molecule has 1 aromatic rings. The van der Waals surface area contributed by atoms with Gasteiger partial charge in [-0.15, -0.1) is 0 Å². The topological polar surface area (TPSA) is 58.4 Å².